The molecule has 25 heavy (non-hydrogen) atoms. The number of halogens is 1. The van der Waals surface area contributed by atoms with Gasteiger partial charge in [0.05, 0.1) is 16.3 Å². The minimum absolute atomic E-state index is 0.0540. The molecule has 0 aromatic carbocycles. The molecule has 3 heterocycles. The van der Waals surface area contributed by atoms with E-state index in [0.717, 1.165) is 17.4 Å². The number of rotatable bonds is 4. The molecule has 3 aromatic heterocycles. The number of hydrogen-bond donors (Lipinski definition) is 1. The molecule has 0 aliphatic carbocycles. The van der Waals surface area contributed by atoms with Gasteiger partial charge in [0, 0.05) is 17.6 Å². The van der Waals surface area contributed by atoms with Gasteiger partial charge in [0.1, 0.15) is 16.5 Å². The number of thiophene rings is 1. The summed E-state index contributed by atoms with van der Waals surface area (Å²) in [7, 11) is -3.87. The molecule has 0 atom stereocenters. The van der Waals surface area contributed by atoms with Crippen molar-refractivity contribution in [1.29, 1.82) is 0 Å². The topological polar surface area (TPSA) is 121 Å². The van der Waals surface area contributed by atoms with Crippen molar-refractivity contribution in [2.24, 2.45) is 5.14 Å². The number of nitrogens with two attached hydrogens (primary N) is 1. The summed E-state index contributed by atoms with van der Waals surface area (Å²) in [5.41, 5.74) is 0.293. The summed E-state index contributed by atoms with van der Waals surface area (Å²) in [4.78, 5) is 28.2. The van der Waals surface area contributed by atoms with Crippen molar-refractivity contribution in [2.45, 2.75) is 10.8 Å². The molecule has 130 valence electrons. The zero-order valence-electron chi connectivity index (χ0n) is 12.4. The third-order valence-corrected chi connectivity index (χ3v) is 5.73. The predicted molar refractivity (Wildman–Crippen MR) is 91.3 cm³/mol. The van der Waals surface area contributed by atoms with Crippen molar-refractivity contribution >= 4 is 44.6 Å². The van der Waals surface area contributed by atoms with E-state index in [0.29, 0.717) is 10.7 Å². The highest BCUT2D eigenvalue weighted by atomic mass is 35.5. The fraction of sp³-hybridized carbons (Fsp3) is 0.0714. The number of primary sulfonamides is 1. The van der Waals surface area contributed by atoms with Gasteiger partial charge in [0.2, 0.25) is 10.0 Å². The fourth-order valence-electron chi connectivity index (χ4n) is 2.00. The fourth-order valence-corrected chi connectivity index (χ4v) is 3.73. The summed E-state index contributed by atoms with van der Waals surface area (Å²) in [5, 5.41) is 6.70. The molecule has 0 spiro atoms. The Morgan fingerprint density at radius 1 is 1.36 bits per heavy atom. The van der Waals surface area contributed by atoms with Gasteiger partial charge in [-0.25, -0.2) is 23.3 Å². The third-order valence-electron chi connectivity index (χ3n) is 3.12. The van der Waals surface area contributed by atoms with Gasteiger partial charge in [-0.2, -0.15) is 0 Å². The molecule has 0 saturated carbocycles. The summed E-state index contributed by atoms with van der Waals surface area (Å²) >= 11 is 6.64. The van der Waals surface area contributed by atoms with Gasteiger partial charge >= 0.3 is 5.97 Å². The average molecular weight is 400 g/mol. The lowest BCUT2D eigenvalue weighted by Crippen LogP contribution is -2.16. The Morgan fingerprint density at radius 3 is 2.80 bits per heavy atom. The SMILES string of the molecule is NS(=O)(=O)c1cc(C(=O)OCc2cc(=O)n3cc(Cl)ccc3n2)cs1. The highest BCUT2D eigenvalue weighted by Gasteiger charge is 2.16. The van der Waals surface area contributed by atoms with Crippen molar-refractivity contribution in [1.82, 2.24) is 9.38 Å². The van der Waals surface area contributed by atoms with E-state index in [2.05, 4.69) is 4.98 Å². The van der Waals surface area contributed by atoms with Crippen LogP contribution in [0, 0.1) is 0 Å². The van der Waals surface area contributed by atoms with Gasteiger partial charge < -0.3 is 4.74 Å². The number of nitrogens with zero attached hydrogens (tertiary/aromatic N) is 2. The van der Waals surface area contributed by atoms with E-state index in [1.165, 1.54) is 22.0 Å². The van der Waals surface area contributed by atoms with Crippen LogP contribution in [0.15, 0.2) is 44.8 Å². The molecule has 0 unspecified atom stereocenters. The first-order valence-corrected chi connectivity index (χ1v) is 9.51. The van der Waals surface area contributed by atoms with Crippen molar-refractivity contribution < 1.29 is 17.9 Å². The lowest BCUT2D eigenvalue weighted by Gasteiger charge is -2.05. The van der Waals surface area contributed by atoms with Gasteiger partial charge in [-0.15, -0.1) is 11.3 Å². The van der Waals surface area contributed by atoms with Crippen LogP contribution in [0.1, 0.15) is 16.1 Å². The number of sulfonamides is 1. The van der Waals surface area contributed by atoms with Gasteiger partial charge in [-0.1, -0.05) is 11.6 Å². The molecule has 8 nitrogen and oxygen atoms in total. The Morgan fingerprint density at radius 2 is 2.12 bits per heavy atom. The molecular formula is C14H10ClN3O5S2. The Labute approximate surface area is 150 Å². The molecule has 0 bridgehead atoms. The van der Waals surface area contributed by atoms with E-state index in [4.69, 9.17) is 21.5 Å². The van der Waals surface area contributed by atoms with E-state index in [9.17, 15) is 18.0 Å². The molecule has 0 radical (unpaired) electrons. The Kier molecular flexibility index (Phi) is 4.60. The highest BCUT2D eigenvalue weighted by molar-refractivity contribution is 7.91. The number of carbonyl (C=O) groups excluding carboxylic acids is 1. The minimum Gasteiger partial charge on any atom is -0.456 e. The van der Waals surface area contributed by atoms with Gasteiger partial charge in [0.25, 0.3) is 5.56 Å². The third kappa shape index (κ3) is 3.87. The Bertz CT molecular complexity index is 1140. The monoisotopic (exact) mass is 399 g/mol. The first kappa shape index (κ1) is 17.5. The van der Waals surface area contributed by atoms with Crippen LogP contribution >= 0.6 is 22.9 Å². The number of fused-ring (bicyclic) bond motifs is 1. The van der Waals surface area contributed by atoms with Crippen molar-refractivity contribution in [3.63, 3.8) is 0 Å². The summed E-state index contributed by atoms with van der Waals surface area (Å²) in [6.07, 6.45) is 1.43. The summed E-state index contributed by atoms with van der Waals surface area (Å²) < 4.78 is 28.6. The second-order valence-electron chi connectivity index (χ2n) is 4.94. The zero-order valence-corrected chi connectivity index (χ0v) is 14.8. The summed E-state index contributed by atoms with van der Waals surface area (Å²) in [5.74, 6) is -0.746. The number of hydrogen-bond acceptors (Lipinski definition) is 7. The van der Waals surface area contributed by atoms with Crippen molar-refractivity contribution in [2.75, 3.05) is 0 Å². The van der Waals surface area contributed by atoms with E-state index in [1.54, 1.807) is 12.1 Å². The van der Waals surface area contributed by atoms with Crippen LogP contribution in [-0.2, 0) is 21.4 Å². The van der Waals surface area contributed by atoms with E-state index in [1.807, 2.05) is 0 Å². The lowest BCUT2D eigenvalue weighted by atomic mass is 10.3. The number of esters is 1. The van der Waals surface area contributed by atoms with Gasteiger partial charge in [-0.3, -0.25) is 9.20 Å². The summed E-state index contributed by atoms with van der Waals surface area (Å²) in [6.45, 7) is -0.242. The van der Waals surface area contributed by atoms with Crippen LogP contribution in [0.3, 0.4) is 0 Å². The lowest BCUT2D eigenvalue weighted by molar-refractivity contribution is 0.0468. The molecule has 0 amide bonds. The summed E-state index contributed by atoms with van der Waals surface area (Å²) in [6, 6.07) is 5.50. The molecule has 3 rings (SSSR count). The van der Waals surface area contributed by atoms with Crippen LogP contribution < -0.4 is 10.7 Å². The van der Waals surface area contributed by atoms with Gasteiger partial charge in [0.15, 0.2) is 0 Å². The highest BCUT2D eigenvalue weighted by Crippen LogP contribution is 2.19. The molecule has 0 aliphatic rings. The number of ether oxygens (including phenoxy) is 1. The van der Waals surface area contributed by atoms with Crippen molar-refractivity contribution in [3.8, 4) is 0 Å². The molecule has 2 N–H and O–H groups in total. The zero-order chi connectivity index (χ0) is 18.2. The molecule has 0 saturated heterocycles. The number of aromatic nitrogens is 2. The molecule has 11 heteroatoms. The van der Waals surface area contributed by atoms with Crippen LogP contribution in [0.4, 0.5) is 0 Å². The minimum atomic E-state index is -3.87. The van der Waals surface area contributed by atoms with Crippen LogP contribution in [0.25, 0.3) is 5.65 Å². The van der Waals surface area contributed by atoms with Crippen LogP contribution in [0.5, 0.6) is 0 Å². The first-order chi connectivity index (χ1) is 11.7. The smallest absolute Gasteiger partial charge is 0.339 e. The molecule has 3 aromatic rings. The first-order valence-electron chi connectivity index (χ1n) is 6.70. The maximum Gasteiger partial charge on any atom is 0.339 e. The van der Waals surface area contributed by atoms with Gasteiger partial charge in [-0.05, 0) is 18.2 Å². The largest absolute Gasteiger partial charge is 0.456 e. The number of pyridine rings is 1. The predicted octanol–water partition coefficient (Wildman–Crippen LogP) is 1.41. The quantitative estimate of drug-likeness (QED) is 0.662. The van der Waals surface area contributed by atoms with E-state index in [-0.39, 0.29) is 27.6 Å². The van der Waals surface area contributed by atoms with Crippen molar-refractivity contribution in [3.05, 3.63) is 62.5 Å². The Balaban J connectivity index is 1.78. The maximum absolute atomic E-state index is 12.0. The van der Waals surface area contributed by atoms with Crippen LogP contribution in [0.2, 0.25) is 5.02 Å². The Hall–Kier alpha value is -2.27. The second-order valence-corrected chi connectivity index (χ2v) is 8.07. The standard InChI is InChI=1S/C14H10ClN3O5S2/c15-9-1-2-11-17-10(4-12(19)18(11)5-9)6-23-14(20)8-3-13(24-7-8)25(16,21)22/h1-5,7H,6H2,(H2,16,21,22). The number of carbonyl (C=O) groups is 1. The molecule has 0 fully saturated rings. The maximum atomic E-state index is 12.0. The average Bonchev–Trinajstić information content (AvgIpc) is 3.03. The molecule has 0 aliphatic heterocycles. The second kappa shape index (κ2) is 6.56. The normalized spacial score (nSPS) is 11.6. The van der Waals surface area contributed by atoms with E-state index >= 15 is 0 Å². The van der Waals surface area contributed by atoms with Crippen LogP contribution in [-0.4, -0.2) is 23.8 Å². The molecular weight excluding hydrogens is 390 g/mol. The van der Waals surface area contributed by atoms with E-state index < -0.39 is 16.0 Å².